The maximum Gasteiger partial charge on any atom is 0.251 e. The maximum absolute atomic E-state index is 13.2. The Balaban J connectivity index is 1.47. The van der Waals surface area contributed by atoms with E-state index in [2.05, 4.69) is 15.2 Å². The summed E-state index contributed by atoms with van der Waals surface area (Å²) in [6.07, 6.45) is 1.47. The van der Waals surface area contributed by atoms with Crippen molar-refractivity contribution in [2.45, 2.75) is 25.9 Å². The van der Waals surface area contributed by atoms with Crippen molar-refractivity contribution in [2.75, 3.05) is 52.5 Å². The van der Waals surface area contributed by atoms with Gasteiger partial charge in [-0.15, -0.1) is 0 Å². The fourth-order valence-electron chi connectivity index (χ4n) is 3.42. The molecular formula is C20H28F2N4O3. The second-order valence-electron chi connectivity index (χ2n) is 6.97. The van der Waals surface area contributed by atoms with Gasteiger partial charge in [-0.25, -0.2) is 13.8 Å². The Morgan fingerprint density at radius 3 is 2.66 bits per heavy atom. The number of ether oxygens (including phenoxy) is 2. The van der Waals surface area contributed by atoms with E-state index in [1.165, 1.54) is 6.07 Å². The number of carbonyl (C=O) groups excluding carboxylic acids is 1. The molecule has 9 heteroatoms. The minimum atomic E-state index is -0.935. The first-order valence-corrected chi connectivity index (χ1v) is 10.1. The number of hydrogen-bond acceptors (Lipinski definition) is 4. The predicted molar refractivity (Wildman–Crippen MR) is 105 cm³/mol. The summed E-state index contributed by atoms with van der Waals surface area (Å²) in [6, 6.07) is 3.45. The molecule has 160 valence electrons. The molecule has 7 nitrogen and oxygen atoms in total. The predicted octanol–water partition coefficient (Wildman–Crippen LogP) is 1.63. The van der Waals surface area contributed by atoms with E-state index in [1.807, 2.05) is 11.8 Å². The molecule has 1 aromatic rings. The minimum absolute atomic E-state index is 0.0871. The van der Waals surface area contributed by atoms with Gasteiger partial charge in [-0.3, -0.25) is 4.79 Å². The Morgan fingerprint density at radius 2 is 2.00 bits per heavy atom. The molecule has 2 saturated heterocycles. The first-order valence-electron chi connectivity index (χ1n) is 10.1. The highest BCUT2D eigenvalue weighted by molar-refractivity contribution is 5.82. The topological polar surface area (TPSA) is 66.4 Å². The molecule has 0 bridgehead atoms. The van der Waals surface area contributed by atoms with Crippen LogP contribution in [0, 0.1) is 11.6 Å². The van der Waals surface area contributed by atoms with Crippen molar-refractivity contribution in [1.82, 2.24) is 15.1 Å². The molecule has 2 fully saturated rings. The third-order valence-electron chi connectivity index (χ3n) is 4.94. The number of nitrogens with one attached hydrogen (secondary N) is 1. The van der Waals surface area contributed by atoms with Gasteiger partial charge in [0.15, 0.2) is 17.6 Å². The Kier molecular flexibility index (Phi) is 7.62. The molecule has 1 atom stereocenters. The molecule has 1 unspecified atom stereocenters. The van der Waals surface area contributed by atoms with E-state index in [0.717, 1.165) is 37.5 Å². The Bertz CT molecular complexity index is 718. The summed E-state index contributed by atoms with van der Waals surface area (Å²) in [5.74, 6) is -0.725. The second kappa shape index (κ2) is 10.4. The molecular weight excluding hydrogens is 382 g/mol. The number of piperazine rings is 1. The lowest BCUT2D eigenvalue weighted by molar-refractivity contribution is -0.142. The van der Waals surface area contributed by atoms with Crippen LogP contribution in [0.15, 0.2) is 23.2 Å². The van der Waals surface area contributed by atoms with Crippen molar-refractivity contribution < 1.29 is 23.0 Å². The van der Waals surface area contributed by atoms with Crippen molar-refractivity contribution >= 4 is 11.9 Å². The summed E-state index contributed by atoms with van der Waals surface area (Å²) in [5, 5.41) is 3.25. The zero-order valence-corrected chi connectivity index (χ0v) is 16.7. The average molecular weight is 410 g/mol. The van der Waals surface area contributed by atoms with Crippen LogP contribution in [0.4, 0.5) is 8.78 Å². The van der Waals surface area contributed by atoms with Gasteiger partial charge in [0.05, 0.1) is 6.54 Å². The molecule has 2 heterocycles. The number of benzene rings is 1. The molecule has 0 aliphatic carbocycles. The third-order valence-corrected chi connectivity index (χ3v) is 4.94. The lowest BCUT2D eigenvalue weighted by atomic mass is 10.2. The first kappa shape index (κ1) is 21.3. The fourth-order valence-corrected chi connectivity index (χ4v) is 3.42. The highest BCUT2D eigenvalue weighted by Gasteiger charge is 2.30. The summed E-state index contributed by atoms with van der Waals surface area (Å²) < 4.78 is 37.1. The Morgan fingerprint density at radius 1 is 1.24 bits per heavy atom. The molecule has 29 heavy (non-hydrogen) atoms. The molecule has 0 aromatic heterocycles. The highest BCUT2D eigenvalue weighted by atomic mass is 19.2. The largest absolute Gasteiger partial charge is 0.492 e. The SMILES string of the molecule is CCNC(=NCCOc1ccc(F)c(F)c1)N1CCN(C(=O)C2CCCO2)CC1. The molecule has 1 amide bonds. The van der Waals surface area contributed by atoms with Crippen molar-refractivity contribution in [3.63, 3.8) is 0 Å². The fraction of sp³-hybridized carbons (Fsp3) is 0.600. The number of halogens is 2. The van der Waals surface area contributed by atoms with E-state index >= 15 is 0 Å². The van der Waals surface area contributed by atoms with Crippen molar-refractivity contribution in [1.29, 1.82) is 0 Å². The van der Waals surface area contributed by atoms with Crippen LogP contribution in [0.2, 0.25) is 0 Å². The smallest absolute Gasteiger partial charge is 0.251 e. The lowest BCUT2D eigenvalue weighted by Crippen LogP contribution is -2.55. The minimum Gasteiger partial charge on any atom is -0.492 e. The number of rotatable bonds is 6. The molecule has 1 N–H and O–H groups in total. The van der Waals surface area contributed by atoms with Gasteiger partial charge < -0.3 is 24.6 Å². The summed E-state index contributed by atoms with van der Waals surface area (Å²) in [5.41, 5.74) is 0. The average Bonchev–Trinajstić information content (AvgIpc) is 3.27. The van der Waals surface area contributed by atoms with Crippen LogP contribution in [-0.2, 0) is 9.53 Å². The number of aliphatic imine (C=N–C) groups is 1. The van der Waals surface area contributed by atoms with E-state index in [4.69, 9.17) is 9.47 Å². The van der Waals surface area contributed by atoms with Gasteiger partial charge in [-0.2, -0.15) is 0 Å². The first-order chi connectivity index (χ1) is 14.1. The van der Waals surface area contributed by atoms with Crippen LogP contribution in [-0.4, -0.2) is 80.3 Å². The standard InChI is InChI=1S/C20H28F2N4O3/c1-2-23-20(24-7-13-28-15-5-6-16(21)17(22)14-15)26-10-8-25(9-11-26)19(27)18-4-3-12-29-18/h5-6,14,18H,2-4,7-13H2,1H3,(H,23,24). The molecule has 0 radical (unpaired) electrons. The van der Waals surface area contributed by atoms with Gasteiger partial charge in [0.25, 0.3) is 5.91 Å². The quantitative estimate of drug-likeness (QED) is 0.439. The Hall–Kier alpha value is -2.42. The van der Waals surface area contributed by atoms with Gasteiger partial charge in [0.2, 0.25) is 0 Å². The molecule has 0 saturated carbocycles. The number of carbonyl (C=O) groups is 1. The molecule has 2 aliphatic heterocycles. The van der Waals surface area contributed by atoms with Crippen LogP contribution in [0.5, 0.6) is 5.75 Å². The third kappa shape index (κ3) is 5.79. The number of nitrogens with zero attached hydrogens (tertiary/aromatic N) is 3. The number of amides is 1. The van der Waals surface area contributed by atoms with Crippen LogP contribution in [0.3, 0.4) is 0 Å². The van der Waals surface area contributed by atoms with Crippen molar-refractivity contribution in [3.8, 4) is 5.75 Å². The zero-order chi connectivity index (χ0) is 20.6. The Labute approximate surface area is 169 Å². The van der Waals surface area contributed by atoms with Gasteiger partial charge in [-0.05, 0) is 31.9 Å². The van der Waals surface area contributed by atoms with Crippen molar-refractivity contribution in [2.24, 2.45) is 4.99 Å². The number of hydrogen-bond donors (Lipinski definition) is 1. The summed E-state index contributed by atoms with van der Waals surface area (Å²) >= 11 is 0. The molecule has 2 aliphatic rings. The van der Waals surface area contributed by atoms with Gasteiger partial charge in [0, 0.05) is 45.4 Å². The molecule has 0 spiro atoms. The van der Waals surface area contributed by atoms with E-state index in [9.17, 15) is 13.6 Å². The van der Waals surface area contributed by atoms with E-state index in [-0.39, 0.29) is 24.4 Å². The second-order valence-corrected chi connectivity index (χ2v) is 6.97. The van der Waals surface area contributed by atoms with Crippen LogP contribution < -0.4 is 10.1 Å². The van der Waals surface area contributed by atoms with Gasteiger partial charge >= 0.3 is 0 Å². The van der Waals surface area contributed by atoms with E-state index in [1.54, 1.807) is 0 Å². The number of guanidine groups is 1. The van der Waals surface area contributed by atoms with Gasteiger partial charge in [0.1, 0.15) is 18.5 Å². The summed E-state index contributed by atoms with van der Waals surface area (Å²) in [6.45, 7) is 6.64. The van der Waals surface area contributed by atoms with Crippen LogP contribution in [0.1, 0.15) is 19.8 Å². The molecule has 3 rings (SSSR count). The monoisotopic (exact) mass is 410 g/mol. The van der Waals surface area contributed by atoms with E-state index in [0.29, 0.717) is 39.3 Å². The zero-order valence-electron chi connectivity index (χ0n) is 16.7. The summed E-state index contributed by atoms with van der Waals surface area (Å²) in [4.78, 5) is 21.0. The normalized spacial score (nSPS) is 20.1. The summed E-state index contributed by atoms with van der Waals surface area (Å²) in [7, 11) is 0. The maximum atomic E-state index is 13.2. The van der Waals surface area contributed by atoms with Crippen molar-refractivity contribution in [3.05, 3.63) is 29.8 Å². The highest BCUT2D eigenvalue weighted by Crippen LogP contribution is 2.17. The molecule has 1 aromatic carbocycles. The van der Waals surface area contributed by atoms with E-state index < -0.39 is 11.6 Å². The van der Waals surface area contributed by atoms with Gasteiger partial charge in [-0.1, -0.05) is 0 Å². The van der Waals surface area contributed by atoms with Crippen LogP contribution in [0.25, 0.3) is 0 Å². The van der Waals surface area contributed by atoms with Crippen LogP contribution >= 0.6 is 0 Å². The lowest BCUT2D eigenvalue weighted by Gasteiger charge is -2.37.